The number of hydrogen-bond donors (Lipinski definition) is 2. The highest BCUT2D eigenvalue weighted by atomic mass is 16.3. The molecule has 3 amide bonds. The Kier molecular flexibility index (Phi) is 11.3. The molecule has 4 aliphatic heterocycles. The number of carbonyl (C=O) groups is 3. The van der Waals surface area contributed by atoms with Crippen molar-refractivity contribution < 1.29 is 19.5 Å². The SMILES string of the molecule is CC/C(=C(\c1ccc(O)cc1)c1ccc(CCCN2CCC(N3CCN(c4ccc5c(c4)CN(C4CCC(=O)NC4=O)C5=O)CC3)CC2)cc1)c1ccccc1. The van der Waals surface area contributed by atoms with Crippen molar-refractivity contribution in [3.05, 3.63) is 130 Å². The van der Waals surface area contributed by atoms with E-state index in [2.05, 4.69) is 87.6 Å². The molecule has 0 bridgehead atoms. The molecule has 3 fully saturated rings. The van der Waals surface area contributed by atoms with Crippen molar-refractivity contribution in [1.29, 1.82) is 0 Å². The van der Waals surface area contributed by atoms with Gasteiger partial charge in [-0.1, -0.05) is 73.7 Å². The minimum absolute atomic E-state index is 0.120. The lowest BCUT2D eigenvalue weighted by atomic mass is 9.87. The number of carbonyl (C=O) groups excluding carboxylic acids is 3. The molecule has 0 aliphatic carbocycles. The Labute approximate surface area is 330 Å². The van der Waals surface area contributed by atoms with E-state index in [0.717, 1.165) is 81.9 Å². The minimum Gasteiger partial charge on any atom is -0.508 e. The third-order valence-corrected chi connectivity index (χ3v) is 12.4. The maximum atomic E-state index is 13.2. The van der Waals surface area contributed by atoms with Gasteiger partial charge < -0.3 is 19.8 Å². The number of likely N-dealkylation sites (tertiary alicyclic amines) is 1. The van der Waals surface area contributed by atoms with Crippen LogP contribution in [0.5, 0.6) is 5.75 Å². The quantitative estimate of drug-likeness (QED) is 0.130. The van der Waals surface area contributed by atoms with Crippen LogP contribution in [0, 0.1) is 0 Å². The van der Waals surface area contributed by atoms with Crippen molar-refractivity contribution in [1.82, 2.24) is 20.0 Å². The second-order valence-electron chi connectivity index (χ2n) is 15.8. The van der Waals surface area contributed by atoms with Crippen molar-refractivity contribution in [2.45, 2.75) is 70.5 Å². The normalized spacial score (nSPS) is 20.2. The number of fused-ring (bicyclic) bond motifs is 1. The van der Waals surface area contributed by atoms with Crippen LogP contribution in [-0.4, -0.2) is 95.4 Å². The van der Waals surface area contributed by atoms with Gasteiger partial charge in [-0.15, -0.1) is 0 Å². The molecule has 2 N–H and O–H groups in total. The summed E-state index contributed by atoms with van der Waals surface area (Å²) in [6, 6.07) is 33.4. The molecule has 290 valence electrons. The Bertz CT molecular complexity index is 2060. The second kappa shape index (κ2) is 16.9. The van der Waals surface area contributed by atoms with Crippen LogP contribution in [0.1, 0.15) is 83.6 Å². The zero-order valence-corrected chi connectivity index (χ0v) is 32.5. The number of piperazine rings is 1. The van der Waals surface area contributed by atoms with Gasteiger partial charge in [-0.05, 0) is 127 Å². The number of hydrogen-bond acceptors (Lipinski definition) is 7. The maximum absolute atomic E-state index is 13.2. The van der Waals surface area contributed by atoms with Gasteiger partial charge in [0.25, 0.3) is 5.91 Å². The standard InChI is InChI=1S/C47H53N5O4/c1-2-41(34-8-4-3-5-9-34)45(36-14-17-40(53)18-15-36)35-12-10-33(11-13-35)7-6-24-49-25-22-38(23-26-49)50-27-29-51(30-28-50)39-16-19-42-37(31-39)32-52(47(42)56)43-20-21-44(54)48-46(43)55/h3-5,8-19,31,38,43,53H,2,6-7,20-30,32H2,1H3,(H,48,54,55)/b45-41+. The number of imide groups is 1. The average Bonchev–Trinajstić information content (AvgIpc) is 3.56. The largest absolute Gasteiger partial charge is 0.508 e. The molecule has 8 rings (SSSR count). The molecule has 0 spiro atoms. The topological polar surface area (TPSA) is 96.4 Å². The Hall–Kier alpha value is -5.25. The van der Waals surface area contributed by atoms with E-state index in [1.165, 1.54) is 40.7 Å². The first kappa shape index (κ1) is 37.7. The van der Waals surface area contributed by atoms with E-state index in [1.54, 1.807) is 17.0 Å². The zero-order chi connectivity index (χ0) is 38.6. The molecule has 9 nitrogen and oxygen atoms in total. The molecule has 4 aromatic rings. The number of phenols is 1. The molecule has 4 aromatic carbocycles. The van der Waals surface area contributed by atoms with Crippen LogP contribution in [0.2, 0.25) is 0 Å². The lowest BCUT2D eigenvalue weighted by Crippen LogP contribution is -2.53. The van der Waals surface area contributed by atoms with E-state index < -0.39 is 6.04 Å². The molecular formula is C47H53N5O4. The summed E-state index contributed by atoms with van der Waals surface area (Å²) < 4.78 is 0. The van der Waals surface area contributed by atoms with Gasteiger partial charge >= 0.3 is 0 Å². The number of nitrogens with one attached hydrogen (secondary N) is 1. The van der Waals surface area contributed by atoms with E-state index in [0.29, 0.717) is 24.6 Å². The van der Waals surface area contributed by atoms with E-state index in [4.69, 9.17) is 0 Å². The molecule has 4 heterocycles. The predicted octanol–water partition coefficient (Wildman–Crippen LogP) is 6.74. The van der Waals surface area contributed by atoms with Gasteiger partial charge in [0, 0.05) is 56.4 Å². The number of aryl methyl sites for hydroxylation is 1. The number of rotatable bonds is 11. The number of phenolic OH excluding ortho intramolecular Hbond substituents is 1. The second-order valence-corrected chi connectivity index (χ2v) is 15.8. The summed E-state index contributed by atoms with van der Waals surface area (Å²) in [7, 11) is 0. The molecule has 56 heavy (non-hydrogen) atoms. The average molecular weight is 752 g/mol. The first-order valence-electron chi connectivity index (χ1n) is 20.5. The van der Waals surface area contributed by atoms with Crippen molar-refractivity contribution in [2.75, 3.05) is 50.7 Å². The maximum Gasteiger partial charge on any atom is 0.255 e. The lowest BCUT2D eigenvalue weighted by molar-refractivity contribution is -0.136. The summed E-state index contributed by atoms with van der Waals surface area (Å²) in [4.78, 5) is 46.6. The van der Waals surface area contributed by atoms with E-state index in [1.807, 2.05) is 24.3 Å². The van der Waals surface area contributed by atoms with Gasteiger partial charge in [-0.2, -0.15) is 0 Å². The monoisotopic (exact) mass is 751 g/mol. The summed E-state index contributed by atoms with van der Waals surface area (Å²) in [5.74, 6) is -0.477. The van der Waals surface area contributed by atoms with Gasteiger partial charge in [0.15, 0.2) is 0 Å². The number of piperidine rings is 2. The third-order valence-electron chi connectivity index (χ3n) is 12.4. The molecule has 0 radical (unpaired) electrons. The van der Waals surface area contributed by atoms with Crippen molar-refractivity contribution >= 4 is 34.6 Å². The number of aromatic hydroxyl groups is 1. The fraction of sp³-hybridized carbons (Fsp3) is 0.383. The zero-order valence-electron chi connectivity index (χ0n) is 32.5. The van der Waals surface area contributed by atoms with Crippen LogP contribution in [0.4, 0.5) is 5.69 Å². The molecule has 1 unspecified atom stereocenters. The Morgan fingerprint density at radius 2 is 1.46 bits per heavy atom. The summed E-state index contributed by atoms with van der Waals surface area (Å²) in [5.41, 5.74) is 10.2. The van der Waals surface area contributed by atoms with Crippen LogP contribution in [0.15, 0.2) is 97.1 Å². The highest BCUT2D eigenvalue weighted by Crippen LogP contribution is 2.36. The molecule has 1 atom stereocenters. The molecular weight excluding hydrogens is 699 g/mol. The first-order chi connectivity index (χ1) is 27.3. The Balaban J connectivity index is 0.800. The van der Waals surface area contributed by atoms with E-state index >= 15 is 0 Å². The van der Waals surface area contributed by atoms with Crippen LogP contribution in [0.3, 0.4) is 0 Å². The van der Waals surface area contributed by atoms with Crippen molar-refractivity contribution in [2.24, 2.45) is 0 Å². The molecule has 0 aromatic heterocycles. The van der Waals surface area contributed by atoms with Crippen LogP contribution >= 0.6 is 0 Å². The smallest absolute Gasteiger partial charge is 0.255 e. The molecule has 4 aliphatic rings. The lowest BCUT2D eigenvalue weighted by Gasteiger charge is -2.43. The van der Waals surface area contributed by atoms with E-state index in [9.17, 15) is 19.5 Å². The highest BCUT2D eigenvalue weighted by Gasteiger charge is 2.39. The summed E-state index contributed by atoms with van der Waals surface area (Å²) >= 11 is 0. The van der Waals surface area contributed by atoms with Gasteiger partial charge in [-0.25, -0.2) is 0 Å². The van der Waals surface area contributed by atoms with Gasteiger partial charge in [0.05, 0.1) is 0 Å². The first-order valence-corrected chi connectivity index (χ1v) is 20.5. The van der Waals surface area contributed by atoms with Gasteiger partial charge in [-0.3, -0.25) is 24.6 Å². The number of nitrogens with zero attached hydrogens (tertiary/aromatic N) is 4. The number of anilines is 1. The summed E-state index contributed by atoms with van der Waals surface area (Å²) in [5, 5.41) is 12.4. The third kappa shape index (κ3) is 8.15. The minimum atomic E-state index is -0.584. The van der Waals surface area contributed by atoms with Crippen LogP contribution < -0.4 is 10.2 Å². The van der Waals surface area contributed by atoms with Gasteiger partial charge in [0.1, 0.15) is 11.8 Å². The van der Waals surface area contributed by atoms with E-state index in [-0.39, 0.29) is 29.9 Å². The molecule has 9 heteroatoms. The Morgan fingerprint density at radius 1 is 0.768 bits per heavy atom. The van der Waals surface area contributed by atoms with Crippen LogP contribution in [0.25, 0.3) is 11.1 Å². The summed E-state index contributed by atoms with van der Waals surface area (Å²) in [6.45, 7) is 10.0. The summed E-state index contributed by atoms with van der Waals surface area (Å²) in [6.07, 6.45) is 6.17. The Morgan fingerprint density at radius 3 is 2.14 bits per heavy atom. The fourth-order valence-electron chi connectivity index (χ4n) is 9.26. The van der Waals surface area contributed by atoms with Crippen molar-refractivity contribution in [3.8, 4) is 5.75 Å². The number of benzene rings is 4. The molecule has 3 saturated heterocycles. The molecule has 0 saturated carbocycles. The number of allylic oxidation sites excluding steroid dienone is 1. The predicted molar refractivity (Wildman–Crippen MR) is 221 cm³/mol. The van der Waals surface area contributed by atoms with Crippen LogP contribution in [-0.2, 0) is 22.6 Å². The van der Waals surface area contributed by atoms with Gasteiger partial charge in [0.2, 0.25) is 11.8 Å². The fourth-order valence-corrected chi connectivity index (χ4v) is 9.26. The number of amides is 3. The van der Waals surface area contributed by atoms with Crippen molar-refractivity contribution in [3.63, 3.8) is 0 Å². The highest BCUT2D eigenvalue weighted by molar-refractivity contribution is 6.05.